The number of ether oxygens (including phenoxy) is 2. The standard InChI is InChI=1S/C18H20N2O3/c1-22-16-11-10-15(13-17(16)23-2)18(21)20-19-12-6-9-14-7-4-3-5-8-14/h3-5,7-8,10-13H,6,9H2,1-2H3,(H,20,21)/b19-12-. The van der Waals surface area contributed by atoms with E-state index in [4.69, 9.17) is 9.47 Å². The molecule has 5 heteroatoms. The fourth-order valence-corrected chi connectivity index (χ4v) is 2.09. The number of nitrogens with one attached hydrogen (secondary N) is 1. The van der Waals surface area contributed by atoms with Crippen molar-refractivity contribution in [3.05, 3.63) is 59.7 Å². The molecule has 1 N–H and O–H groups in total. The largest absolute Gasteiger partial charge is 0.493 e. The number of hydrazone groups is 1. The SMILES string of the molecule is COc1ccc(C(=O)N/N=C\CCc2ccccc2)cc1OC. The molecule has 0 heterocycles. The third kappa shape index (κ3) is 4.85. The number of rotatable bonds is 7. The molecule has 0 radical (unpaired) electrons. The van der Waals surface area contributed by atoms with Crippen molar-refractivity contribution in [1.29, 1.82) is 0 Å². The number of benzene rings is 2. The van der Waals surface area contributed by atoms with Gasteiger partial charge in [-0.1, -0.05) is 30.3 Å². The maximum atomic E-state index is 12.0. The zero-order valence-corrected chi connectivity index (χ0v) is 13.3. The molecule has 120 valence electrons. The third-order valence-electron chi connectivity index (χ3n) is 3.31. The van der Waals surface area contributed by atoms with E-state index in [2.05, 4.69) is 22.7 Å². The summed E-state index contributed by atoms with van der Waals surface area (Å²) < 4.78 is 10.3. The molecule has 0 unspecified atom stereocenters. The zero-order chi connectivity index (χ0) is 16.5. The van der Waals surface area contributed by atoms with E-state index >= 15 is 0 Å². The highest BCUT2D eigenvalue weighted by Gasteiger charge is 2.09. The first-order valence-electron chi connectivity index (χ1n) is 7.32. The number of hydrogen-bond acceptors (Lipinski definition) is 4. The van der Waals surface area contributed by atoms with Gasteiger partial charge in [0.25, 0.3) is 5.91 Å². The maximum absolute atomic E-state index is 12.0. The van der Waals surface area contributed by atoms with E-state index in [1.54, 1.807) is 31.5 Å². The number of nitrogens with zero attached hydrogens (tertiary/aromatic N) is 1. The first-order chi connectivity index (χ1) is 11.2. The minimum atomic E-state index is -0.290. The van der Waals surface area contributed by atoms with Crippen molar-refractivity contribution < 1.29 is 14.3 Å². The smallest absolute Gasteiger partial charge is 0.271 e. The zero-order valence-electron chi connectivity index (χ0n) is 13.3. The van der Waals surface area contributed by atoms with Crippen LogP contribution in [-0.2, 0) is 6.42 Å². The second-order valence-electron chi connectivity index (χ2n) is 4.85. The predicted octanol–water partition coefficient (Wildman–Crippen LogP) is 3.05. The van der Waals surface area contributed by atoms with Gasteiger partial charge in [-0.3, -0.25) is 4.79 Å². The molecule has 0 fully saturated rings. The summed E-state index contributed by atoms with van der Waals surface area (Å²) in [7, 11) is 3.08. The van der Waals surface area contributed by atoms with Crippen LogP contribution in [0.1, 0.15) is 22.3 Å². The summed E-state index contributed by atoms with van der Waals surface area (Å²) in [5.74, 6) is 0.797. The molecular formula is C18H20N2O3. The van der Waals surface area contributed by atoms with Crippen LogP contribution in [0.3, 0.4) is 0 Å². The van der Waals surface area contributed by atoms with Crippen LogP contribution < -0.4 is 14.9 Å². The van der Waals surface area contributed by atoms with Crippen molar-refractivity contribution in [3.8, 4) is 11.5 Å². The van der Waals surface area contributed by atoms with Gasteiger partial charge < -0.3 is 9.47 Å². The molecule has 0 saturated carbocycles. The number of aryl methyl sites for hydroxylation is 1. The molecule has 0 aliphatic rings. The Balaban J connectivity index is 1.85. The number of hydrogen-bond donors (Lipinski definition) is 1. The van der Waals surface area contributed by atoms with E-state index in [9.17, 15) is 4.79 Å². The van der Waals surface area contributed by atoms with E-state index in [0.29, 0.717) is 17.1 Å². The van der Waals surface area contributed by atoms with Crippen LogP contribution in [0.2, 0.25) is 0 Å². The van der Waals surface area contributed by atoms with Crippen LogP contribution in [0.15, 0.2) is 53.6 Å². The summed E-state index contributed by atoms with van der Waals surface area (Å²) in [5, 5.41) is 3.96. The van der Waals surface area contributed by atoms with Crippen LogP contribution in [0.25, 0.3) is 0 Å². The molecule has 23 heavy (non-hydrogen) atoms. The van der Waals surface area contributed by atoms with Gasteiger partial charge in [-0.15, -0.1) is 0 Å². The Bertz CT molecular complexity index is 669. The number of carbonyl (C=O) groups is 1. The summed E-state index contributed by atoms with van der Waals surface area (Å²) in [6.07, 6.45) is 3.35. The van der Waals surface area contributed by atoms with Gasteiger partial charge in [0.2, 0.25) is 0 Å². The van der Waals surface area contributed by atoms with Crippen molar-refractivity contribution in [1.82, 2.24) is 5.43 Å². The van der Waals surface area contributed by atoms with Gasteiger partial charge in [-0.25, -0.2) is 5.43 Å². The summed E-state index contributed by atoms with van der Waals surface area (Å²) in [6, 6.07) is 15.1. The highest BCUT2D eigenvalue weighted by atomic mass is 16.5. The first kappa shape index (κ1) is 16.5. The lowest BCUT2D eigenvalue weighted by Gasteiger charge is -2.08. The molecule has 0 aromatic heterocycles. The molecule has 2 rings (SSSR count). The Kier molecular flexibility index (Phi) is 6.17. The molecule has 0 aliphatic heterocycles. The van der Waals surface area contributed by atoms with Crippen molar-refractivity contribution in [2.24, 2.45) is 5.10 Å². The quantitative estimate of drug-likeness (QED) is 0.631. The monoisotopic (exact) mass is 312 g/mol. The van der Waals surface area contributed by atoms with Gasteiger partial charge >= 0.3 is 0 Å². The molecule has 5 nitrogen and oxygen atoms in total. The Labute approximate surface area is 135 Å². The highest BCUT2D eigenvalue weighted by molar-refractivity contribution is 5.95. The molecule has 2 aromatic carbocycles. The fraction of sp³-hybridized carbons (Fsp3) is 0.222. The average molecular weight is 312 g/mol. The van der Waals surface area contributed by atoms with Crippen LogP contribution in [-0.4, -0.2) is 26.3 Å². The number of amides is 1. The van der Waals surface area contributed by atoms with Crippen molar-refractivity contribution >= 4 is 12.1 Å². The predicted molar refractivity (Wildman–Crippen MR) is 90.3 cm³/mol. The molecule has 0 spiro atoms. The van der Waals surface area contributed by atoms with Gasteiger partial charge in [-0.2, -0.15) is 5.10 Å². The second-order valence-corrected chi connectivity index (χ2v) is 4.85. The highest BCUT2D eigenvalue weighted by Crippen LogP contribution is 2.27. The normalized spacial score (nSPS) is 10.5. The maximum Gasteiger partial charge on any atom is 0.271 e. The van der Waals surface area contributed by atoms with Gasteiger partial charge in [0.05, 0.1) is 14.2 Å². The summed E-state index contributed by atoms with van der Waals surface area (Å²) in [5.41, 5.74) is 4.21. The van der Waals surface area contributed by atoms with Gasteiger partial charge in [-0.05, 0) is 36.6 Å². The lowest BCUT2D eigenvalue weighted by Crippen LogP contribution is -2.17. The fourth-order valence-electron chi connectivity index (χ4n) is 2.09. The Hall–Kier alpha value is -2.82. The van der Waals surface area contributed by atoms with Crippen LogP contribution in [0, 0.1) is 0 Å². The van der Waals surface area contributed by atoms with E-state index in [-0.39, 0.29) is 5.91 Å². The molecule has 0 saturated heterocycles. The lowest BCUT2D eigenvalue weighted by atomic mass is 10.1. The van der Waals surface area contributed by atoms with E-state index in [0.717, 1.165) is 12.8 Å². The Morgan fingerprint density at radius 2 is 1.83 bits per heavy atom. The summed E-state index contributed by atoms with van der Waals surface area (Å²) in [4.78, 5) is 12.0. The Morgan fingerprint density at radius 1 is 1.09 bits per heavy atom. The van der Waals surface area contributed by atoms with Gasteiger partial charge in [0.15, 0.2) is 11.5 Å². The summed E-state index contributed by atoms with van der Waals surface area (Å²) >= 11 is 0. The molecule has 0 atom stereocenters. The van der Waals surface area contributed by atoms with E-state index in [1.165, 1.54) is 12.7 Å². The third-order valence-corrected chi connectivity index (χ3v) is 3.31. The van der Waals surface area contributed by atoms with Crippen LogP contribution in [0.5, 0.6) is 11.5 Å². The minimum Gasteiger partial charge on any atom is -0.493 e. The van der Waals surface area contributed by atoms with Crippen molar-refractivity contribution in [2.75, 3.05) is 14.2 Å². The van der Waals surface area contributed by atoms with Gasteiger partial charge in [0, 0.05) is 11.8 Å². The number of methoxy groups -OCH3 is 2. The average Bonchev–Trinajstić information content (AvgIpc) is 2.61. The molecule has 0 aliphatic carbocycles. The van der Waals surface area contributed by atoms with E-state index < -0.39 is 0 Å². The summed E-state index contributed by atoms with van der Waals surface area (Å²) in [6.45, 7) is 0. The van der Waals surface area contributed by atoms with Crippen LogP contribution >= 0.6 is 0 Å². The Morgan fingerprint density at radius 3 is 2.52 bits per heavy atom. The first-order valence-corrected chi connectivity index (χ1v) is 7.32. The van der Waals surface area contributed by atoms with E-state index in [1.807, 2.05) is 18.2 Å². The second kappa shape index (κ2) is 8.58. The van der Waals surface area contributed by atoms with Crippen LogP contribution in [0.4, 0.5) is 0 Å². The van der Waals surface area contributed by atoms with Crippen molar-refractivity contribution in [2.45, 2.75) is 12.8 Å². The van der Waals surface area contributed by atoms with Crippen molar-refractivity contribution in [3.63, 3.8) is 0 Å². The molecular weight excluding hydrogens is 292 g/mol. The minimum absolute atomic E-state index is 0.290. The molecule has 2 aromatic rings. The number of carbonyl (C=O) groups excluding carboxylic acids is 1. The van der Waals surface area contributed by atoms with Gasteiger partial charge in [0.1, 0.15) is 0 Å². The molecule has 1 amide bonds. The molecule has 0 bridgehead atoms. The topological polar surface area (TPSA) is 59.9 Å². The lowest BCUT2D eigenvalue weighted by molar-refractivity contribution is 0.0954.